The van der Waals surface area contributed by atoms with Gasteiger partial charge in [0.25, 0.3) is 5.60 Å². The van der Waals surface area contributed by atoms with E-state index in [0.29, 0.717) is 5.56 Å². The standard InChI is InChI=1S/C9H12N2O5/c1-11-5-6(4-10-11)3-9(16-2,7(12)13)8(14)15/h4-5H,3H2,1-2H3,(H,12,13)(H,14,15). The Morgan fingerprint density at radius 2 is 2.06 bits per heavy atom. The van der Waals surface area contributed by atoms with Gasteiger partial charge in [-0.25, -0.2) is 9.59 Å². The van der Waals surface area contributed by atoms with Crippen molar-refractivity contribution in [2.75, 3.05) is 7.11 Å². The second-order valence-electron chi connectivity index (χ2n) is 3.34. The predicted molar refractivity (Wildman–Crippen MR) is 51.9 cm³/mol. The van der Waals surface area contributed by atoms with Gasteiger partial charge < -0.3 is 14.9 Å². The molecule has 0 bridgehead atoms. The van der Waals surface area contributed by atoms with Gasteiger partial charge >= 0.3 is 11.9 Å². The van der Waals surface area contributed by atoms with Gasteiger partial charge in [0.2, 0.25) is 0 Å². The van der Waals surface area contributed by atoms with Crippen LogP contribution in [0.5, 0.6) is 0 Å². The summed E-state index contributed by atoms with van der Waals surface area (Å²) in [5.74, 6) is -3.07. The van der Waals surface area contributed by atoms with Crippen molar-refractivity contribution in [3.63, 3.8) is 0 Å². The first-order chi connectivity index (χ1) is 7.42. The van der Waals surface area contributed by atoms with Crippen LogP contribution in [-0.4, -0.2) is 44.6 Å². The molecule has 0 spiro atoms. The summed E-state index contributed by atoms with van der Waals surface area (Å²) in [5.41, 5.74) is -1.78. The second-order valence-corrected chi connectivity index (χ2v) is 3.34. The van der Waals surface area contributed by atoms with Gasteiger partial charge in [0.1, 0.15) is 0 Å². The maximum Gasteiger partial charge on any atom is 0.348 e. The molecule has 16 heavy (non-hydrogen) atoms. The molecule has 0 fully saturated rings. The smallest absolute Gasteiger partial charge is 0.348 e. The maximum atomic E-state index is 11.0. The van der Waals surface area contributed by atoms with E-state index in [2.05, 4.69) is 9.84 Å². The molecule has 1 aromatic rings. The van der Waals surface area contributed by atoms with E-state index < -0.39 is 17.5 Å². The highest BCUT2D eigenvalue weighted by molar-refractivity contribution is 6.02. The number of ether oxygens (including phenoxy) is 1. The molecular formula is C9H12N2O5. The van der Waals surface area contributed by atoms with Gasteiger partial charge in [0, 0.05) is 26.8 Å². The zero-order chi connectivity index (χ0) is 12.3. The third-order valence-corrected chi connectivity index (χ3v) is 2.25. The van der Waals surface area contributed by atoms with E-state index in [9.17, 15) is 9.59 Å². The van der Waals surface area contributed by atoms with Gasteiger partial charge in [-0.2, -0.15) is 5.10 Å². The Morgan fingerprint density at radius 1 is 1.50 bits per heavy atom. The van der Waals surface area contributed by atoms with Crippen LogP contribution in [0.15, 0.2) is 12.4 Å². The monoisotopic (exact) mass is 228 g/mol. The number of carbonyl (C=O) groups is 2. The fraction of sp³-hybridized carbons (Fsp3) is 0.444. The fourth-order valence-electron chi connectivity index (χ4n) is 1.34. The highest BCUT2D eigenvalue weighted by Crippen LogP contribution is 2.18. The summed E-state index contributed by atoms with van der Waals surface area (Å²) < 4.78 is 6.10. The van der Waals surface area contributed by atoms with Crippen LogP contribution < -0.4 is 0 Å². The highest BCUT2D eigenvalue weighted by atomic mass is 16.5. The van der Waals surface area contributed by atoms with E-state index in [0.717, 1.165) is 7.11 Å². The lowest BCUT2D eigenvalue weighted by Gasteiger charge is -2.22. The third kappa shape index (κ3) is 2.03. The third-order valence-electron chi connectivity index (χ3n) is 2.25. The molecule has 0 unspecified atom stereocenters. The molecule has 0 aliphatic rings. The molecule has 7 heteroatoms. The first-order valence-electron chi connectivity index (χ1n) is 4.42. The molecule has 0 amide bonds. The number of aliphatic carboxylic acids is 2. The Morgan fingerprint density at radius 3 is 2.38 bits per heavy atom. The molecule has 1 rings (SSSR count). The van der Waals surface area contributed by atoms with Crippen molar-refractivity contribution < 1.29 is 24.5 Å². The molecule has 1 aromatic heterocycles. The normalized spacial score (nSPS) is 11.4. The van der Waals surface area contributed by atoms with Crippen molar-refractivity contribution in [1.82, 2.24) is 9.78 Å². The molecule has 88 valence electrons. The van der Waals surface area contributed by atoms with Crippen molar-refractivity contribution in [1.29, 1.82) is 0 Å². The van der Waals surface area contributed by atoms with Crippen molar-refractivity contribution >= 4 is 11.9 Å². The van der Waals surface area contributed by atoms with Crippen molar-refractivity contribution in [2.45, 2.75) is 12.0 Å². The van der Waals surface area contributed by atoms with Crippen LogP contribution in [-0.2, 0) is 27.8 Å². The molecule has 2 N–H and O–H groups in total. The van der Waals surface area contributed by atoms with Crippen LogP contribution in [0.4, 0.5) is 0 Å². The maximum absolute atomic E-state index is 11.0. The van der Waals surface area contributed by atoms with Gasteiger partial charge in [0.15, 0.2) is 0 Å². The Kier molecular flexibility index (Phi) is 3.28. The summed E-state index contributed by atoms with van der Waals surface area (Å²) >= 11 is 0. The molecule has 0 aliphatic heterocycles. The van der Waals surface area contributed by atoms with Crippen LogP contribution in [0.1, 0.15) is 5.56 Å². The summed E-state index contributed by atoms with van der Waals surface area (Å²) in [5, 5.41) is 21.7. The van der Waals surface area contributed by atoms with E-state index in [-0.39, 0.29) is 6.42 Å². The average Bonchev–Trinajstić information content (AvgIpc) is 2.59. The first-order valence-corrected chi connectivity index (χ1v) is 4.42. The summed E-state index contributed by atoms with van der Waals surface area (Å²) in [6.45, 7) is 0. The first kappa shape index (κ1) is 12.2. The Labute approximate surface area is 91.3 Å². The SMILES string of the molecule is COC(Cc1cnn(C)c1)(C(=O)O)C(=O)O. The quantitative estimate of drug-likeness (QED) is 0.660. The van der Waals surface area contributed by atoms with Crippen LogP contribution in [0.2, 0.25) is 0 Å². The molecule has 0 saturated heterocycles. The molecule has 7 nitrogen and oxygen atoms in total. The molecular weight excluding hydrogens is 216 g/mol. The summed E-state index contributed by atoms with van der Waals surface area (Å²) in [6, 6.07) is 0. The molecule has 0 radical (unpaired) electrons. The van der Waals surface area contributed by atoms with Crippen LogP contribution in [0, 0.1) is 0 Å². The minimum absolute atomic E-state index is 0.276. The van der Waals surface area contributed by atoms with Gasteiger partial charge in [0.05, 0.1) is 6.20 Å². The largest absolute Gasteiger partial charge is 0.479 e. The Bertz CT molecular complexity index is 398. The number of hydrogen-bond donors (Lipinski definition) is 2. The summed E-state index contributed by atoms with van der Waals surface area (Å²) in [7, 11) is 2.71. The number of rotatable bonds is 5. The lowest BCUT2D eigenvalue weighted by Crippen LogP contribution is -2.50. The minimum Gasteiger partial charge on any atom is -0.479 e. The van der Waals surface area contributed by atoms with Crippen LogP contribution in [0.3, 0.4) is 0 Å². The zero-order valence-electron chi connectivity index (χ0n) is 8.88. The summed E-state index contributed by atoms with van der Waals surface area (Å²) in [4.78, 5) is 21.9. The number of carboxylic acids is 2. The predicted octanol–water partition coefficient (Wildman–Crippen LogP) is -0.483. The number of aryl methyl sites for hydroxylation is 1. The molecule has 0 aliphatic carbocycles. The van der Waals surface area contributed by atoms with E-state index >= 15 is 0 Å². The minimum atomic E-state index is -2.26. The van der Waals surface area contributed by atoms with E-state index in [1.54, 1.807) is 13.2 Å². The fourth-order valence-corrected chi connectivity index (χ4v) is 1.34. The van der Waals surface area contributed by atoms with Crippen molar-refractivity contribution in [3.05, 3.63) is 18.0 Å². The number of aromatic nitrogens is 2. The molecule has 0 aromatic carbocycles. The lowest BCUT2D eigenvalue weighted by molar-refractivity contribution is -0.179. The van der Waals surface area contributed by atoms with Crippen LogP contribution >= 0.6 is 0 Å². The van der Waals surface area contributed by atoms with Crippen molar-refractivity contribution in [2.24, 2.45) is 7.05 Å². The average molecular weight is 228 g/mol. The molecule has 1 heterocycles. The summed E-state index contributed by atoms with van der Waals surface area (Å²) in [6.07, 6.45) is 2.67. The topological polar surface area (TPSA) is 102 Å². The number of hydrogen-bond acceptors (Lipinski definition) is 4. The number of carboxylic acid groups (broad SMARTS) is 2. The van der Waals surface area contributed by atoms with Gasteiger partial charge in [-0.15, -0.1) is 0 Å². The Hall–Kier alpha value is -1.89. The molecule has 0 atom stereocenters. The highest BCUT2D eigenvalue weighted by Gasteiger charge is 2.47. The molecule has 0 saturated carbocycles. The van der Waals surface area contributed by atoms with Crippen LogP contribution in [0.25, 0.3) is 0 Å². The van der Waals surface area contributed by atoms with E-state index in [4.69, 9.17) is 10.2 Å². The second kappa shape index (κ2) is 4.31. The van der Waals surface area contributed by atoms with Crippen molar-refractivity contribution in [3.8, 4) is 0 Å². The Balaban J connectivity index is 3.03. The van der Waals surface area contributed by atoms with Gasteiger partial charge in [-0.1, -0.05) is 0 Å². The van der Waals surface area contributed by atoms with Gasteiger partial charge in [-0.05, 0) is 5.56 Å². The van der Waals surface area contributed by atoms with Gasteiger partial charge in [-0.3, -0.25) is 4.68 Å². The van der Waals surface area contributed by atoms with E-state index in [1.165, 1.54) is 10.9 Å². The number of methoxy groups -OCH3 is 1. The lowest BCUT2D eigenvalue weighted by atomic mass is 9.96. The van der Waals surface area contributed by atoms with E-state index in [1.807, 2.05) is 0 Å². The zero-order valence-corrected chi connectivity index (χ0v) is 8.88. The number of nitrogens with zero attached hydrogens (tertiary/aromatic N) is 2.